The molecule has 18 heavy (non-hydrogen) atoms. The van der Waals surface area contributed by atoms with E-state index >= 15 is 0 Å². The molecule has 0 aromatic heterocycles. The maximum Gasteiger partial charge on any atom is 0.331 e. The molecule has 0 radical (unpaired) electrons. The van der Waals surface area contributed by atoms with E-state index in [9.17, 15) is 9.59 Å². The molecule has 98 valence electrons. The number of methoxy groups -OCH3 is 1. The molecule has 0 saturated carbocycles. The fraction of sp³-hybridized carbons (Fsp3) is 0.333. The topological polar surface area (TPSA) is 75.6 Å². The quantitative estimate of drug-likeness (QED) is 0.852. The lowest BCUT2D eigenvalue weighted by Gasteiger charge is -2.25. The largest absolute Gasteiger partial charge is 0.479 e. The van der Waals surface area contributed by atoms with Crippen LogP contribution in [0.5, 0.6) is 0 Å². The summed E-state index contributed by atoms with van der Waals surface area (Å²) in [6, 6.07) is 6.41. The number of nitrogens with one attached hydrogen (secondary N) is 1. The maximum absolute atomic E-state index is 11.9. The number of hydrogen-bond donors (Lipinski definition) is 2. The summed E-state index contributed by atoms with van der Waals surface area (Å²) in [4.78, 5) is 23.1. The molecular formula is C12H14ClNO4. The average Bonchev–Trinajstić information content (AvgIpc) is 2.29. The minimum Gasteiger partial charge on any atom is -0.479 e. The standard InChI is InChI=1S/C12H14ClNO4/c1-12(7-18-2,11(16)17)14-10(15)8-5-3-4-6-9(8)13/h3-6H,7H2,1-2H3,(H,14,15)(H,16,17). The summed E-state index contributed by atoms with van der Waals surface area (Å²) in [6.45, 7) is 1.23. The van der Waals surface area contributed by atoms with Crippen LogP contribution in [0.15, 0.2) is 24.3 Å². The summed E-state index contributed by atoms with van der Waals surface area (Å²) in [6.07, 6.45) is 0. The van der Waals surface area contributed by atoms with E-state index < -0.39 is 17.4 Å². The Bertz CT molecular complexity index is 463. The predicted octanol–water partition coefficient (Wildman–Crippen LogP) is 1.56. The highest BCUT2D eigenvalue weighted by Crippen LogP contribution is 2.16. The van der Waals surface area contributed by atoms with E-state index in [0.717, 1.165) is 0 Å². The molecule has 6 heteroatoms. The number of carboxylic acid groups (broad SMARTS) is 1. The number of amides is 1. The molecule has 2 N–H and O–H groups in total. The number of carbonyl (C=O) groups is 2. The first kappa shape index (κ1) is 14.5. The first-order valence-electron chi connectivity index (χ1n) is 5.20. The molecule has 5 nitrogen and oxygen atoms in total. The number of carbonyl (C=O) groups excluding carboxylic acids is 1. The van der Waals surface area contributed by atoms with Gasteiger partial charge >= 0.3 is 5.97 Å². The molecule has 0 aliphatic heterocycles. The van der Waals surface area contributed by atoms with Crippen LogP contribution < -0.4 is 5.32 Å². The SMILES string of the molecule is COCC(C)(NC(=O)c1ccccc1Cl)C(=O)O. The minimum absolute atomic E-state index is 0.140. The van der Waals surface area contributed by atoms with E-state index in [1.807, 2.05) is 0 Å². The summed E-state index contributed by atoms with van der Waals surface area (Å²) in [5, 5.41) is 11.8. The van der Waals surface area contributed by atoms with Crippen molar-refractivity contribution in [1.29, 1.82) is 0 Å². The van der Waals surface area contributed by atoms with Crippen LogP contribution in [0, 0.1) is 0 Å². The Morgan fingerprint density at radius 2 is 2.06 bits per heavy atom. The lowest BCUT2D eigenvalue weighted by atomic mass is 10.0. The van der Waals surface area contributed by atoms with Gasteiger partial charge in [0.1, 0.15) is 0 Å². The van der Waals surface area contributed by atoms with E-state index in [4.69, 9.17) is 21.4 Å². The summed E-state index contributed by atoms with van der Waals surface area (Å²) < 4.78 is 4.81. The van der Waals surface area contributed by atoms with Gasteiger partial charge in [0, 0.05) is 7.11 Å². The van der Waals surface area contributed by atoms with Gasteiger partial charge in [-0.3, -0.25) is 4.79 Å². The monoisotopic (exact) mass is 271 g/mol. The first-order chi connectivity index (χ1) is 8.40. The second-order valence-electron chi connectivity index (χ2n) is 4.00. The number of aliphatic carboxylic acids is 1. The molecule has 1 aromatic carbocycles. The third kappa shape index (κ3) is 3.21. The van der Waals surface area contributed by atoms with Crippen LogP contribution in [-0.2, 0) is 9.53 Å². The van der Waals surface area contributed by atoms with Crippen LogP contribution in [0.2, 0.25) is 5.02 Å². The molecule has 1 atom stereocenters. The van der Waals surface area contributed by atoms with E-state index in [1.54, 1.807) is 18.2 Å². The highest BCUT2D eigenvalue weighted by atomic mass is 35.5. The lowest BCUT2D eigenvalue weighted by molar-refractivity contribution is -0.145. The van der Waals surface area contributed by atoms with Gasteiger partial charge in [0.2, 0.25) is 0 Å². The first-order valence-corrected chi connectivity index (χ1v) is 5.58. The maximum atomic E-state index is 11.9. The van der Waals surface area contributed by atoms with Gasteiger partial charge in [-0.2, -0.15) is 0 Å². The van der Waals surface area contributed by atoms with Crippen molar-refractivity contribution in [3.05, 3.63) is 34.9 Å². The third-order valence-electron chi connectivity index (χ3n) is 2.41. The van der Waals surface area contributed by atoms with Crippen molar-refractivity contribution in [3.8, 4) is 0 Å². The molecule has 1 aromatic rings. The van der Waals surface area contributed by atoms with Gasteiger partial charge < -0.3 is 15.2 Å². The second kappa shape index (κ2) is 5.84. The van der Waals surface area contributed by atoms with Crippen LogP contribution in [-0.4, -0.2) is 36.2 Å². The van der Waals surface area contributed by atoms with Gasteiger partial charge in [-0.15, -0.1) is 0 Å². The zero-order valence-electron chi connectivity index (χ0n) is 10.1. The molecule has 0 heterocycles. The molecular weight excluding hydrogens is 258 g/mol. The van der Waals surface area contributed by atoms with Crippen LogP contribution >= 0.6 is 11.6 Å². The molecule has 0 bridgehead atoms. The Kier molecular flexibility index (Phi) is 4.69. The Labute approximate surface area is 110 Å². The fourth-order valence-corrected chi connectivity index (χ4v) is 1.62. The number of benzene rings is 1. The van der Waals surface area contributed by atoms with Crippen molar-refractivity contribution < 1.29 is 19.4 Å². The van der Waals surface area contributed by atoms with E-state index in [1.165, 1.54) is 20.1 Å². The van der Waals surface area contributed by atoms with Gasteiger partial charge in [0.15, 0.2) is 5.54 Å². The molecule has 1 rings (SSSR count). The van der Waals surface area contributed by atoms with Crippen LogP contribution in [0.3, 0.4) is 0 Å². The molecule has 1 unspecified atom stereocenters. The van der Waals surface area contributed by atoms with E-state index in [-0.39, 0.29) is 17.2 Å². The zero-order chi connectivity index (χ0) is 13.8. The van der Waals surface area contributed by atoms with Gasteiger partial charge in [0.05, 0.1) is 17.2 Å². The van der Waals surface area contributed by atoms with Crippen LogP contribution in [0.4, 0.5) is 0 Å². The van der Waals surface area contributed by atoms with Gasteiger partial charge in [-0.25, -0.2) is 4.79 Å². The van der Waals surface area contributed by atoms with Crippen molar-refractivity contribution >= 4 is 23.5 Å². The fourth-order valence-electron chi connectivity index (χ4n) is 1.40. The Hall–Kier alpha value is -1.59. The van der Waals surface area contributed by atoms with Crippen LogP contribution in [0.1, 0.15) is 17.3 Å². The lowest BCUT2D eigenvalue weighted by Crippen LogP contribution is -2.55. The number of hydrogen-bond acceptors (Lipinski definition) is 3. The molecule has 0 saturated heterocycles. The highest BCUT2D eigenvalue weighted by Gasteiger charge is 2.35. The average molecular weight is 272 g/mol. The van der Waals surface area contributed by atoms with Crippen molar-refractivity contribution in [2.24, 2.45) is 0 Å². The smallest absolute Gasteiger partial charge is 0.331 e. The van der Waals surface area contributed by atoms with Gasteiger partial charge in [-0.05, 0) is 19.1 Å². The minimum atomic E-state index is -1.50. The number of halogens is 1. The molecule has 1 amide bonds. The predicted molar refractivity (Wildman–Crippen MR) is 66.8 cm³/mol. The molecule has 0 fully saturated rings. The van der Waals surface area contributed by atoms with Crippen LogP contribution in [0.25, 0.3) is 0 Å². The highest BCUT2D eigenvalue weighted by molar-refractivity contribution is 6.33. The molecule has 0 spiro atoms. The van der Waals surface area contributed by atoms with Gasteiger partial charge in [0.25, 0.3) is 5.91 Å². The second-order valence-corrected chi connectivity index (χ2v) is 4.41. The van der Waals surface area contributed by atoms with E-state index in [2.05, 4.69) is 5.32 Å². The summed E-state index contributed by atoms with van der Waals surface area (Å²) in [5.41, 5.74) is -1.27. The third-order valence-corrected chi connectivity index (χ3v) is 2.74. The van der Waals surface area contributed by atoms with Crippen molar-refractivity contribution in [3.63, 3.8) is 0 Å². The Morgan fingerprint density at radius 3 is 2.56 bits per heavy atom. The normalized spacial score (nSPS) is 13.7. The summed E-state index contributed by atoms with van der Waals surface area (Å²) >= 11 is 5.87. The van der Waals surface area contributed by atoms with Crippen molar-refractivity contribution in [1.82, 2.24) is 5.32 Å². The molecule has 0 aliphatic carbocycles. The number of carboxylic acids is 1. The summed E-state index contributed by atoms with van der Waals surface area (Å²) in [5.74, 6) is -1.73. The Balaban J connectivity index is 2.93. The van der Waals surface area contributed by atoms with Gasteiger partial charge in [-0.1, -0.05) is 23.7 Å². The zero-order valence-corrected chi connectivity index (χ0v) is 10.8. The number of rotatable bonds is 5. The number of ether oxygens (including phenoxy) is 1. The van der Waals surface area contributed by atoms with Crippen molar-refractivity contribution in [2.75, 3.05) is 13.7 Å². The summed E-state index contributed by atoms with van der Waals surface area (Å²) in [7, 11) is 1.36. The van der Waals surface area contributed by atoms with E-state index in [0.29, 0.717) is 0 Å². The van der Waals surface area contributed by atoms with Crippen molar-refractivity contribution in [2.45, 2.75) is 12.5 Å². The Morgan fingerprint density at radius 1 is 1.44 bits per heavy atom. The molecule has 0 aliphatic rings.